The van der Waals surface area contributed by atoms with Gasteiger partial charge in [0, 0.05) is 19.3 Å². The average Bonchev–Trinajstić information content (AvgIpc) is 2.76. The van der Waals surface area contributed by atoms with E-state index in [0.717, 1.165) is 49.9 Å². The summed E-state index contributed by atoms with van der Waals surface area (Å²) in [5.41, 5.74) is 2.68. The molecule has 0 amide bonds. The SMILES string of the molecule is Cc1cc(C)c(S(=O)(=O)Nc2cc(C(=O)O)cnc2N2CCCCCCC2)cc1C.O=C(O)C(F)(F)F. The van der Waals surface area contributed by atoms with Crippen LogP contribution in [0.2, 0.25) is 0 Å². The molecule has 0 bridgehead atoms. The first-order chi connectivity index (χ1) is 17.1. The fourth-order valence-corrected chi connectivity index (χ4v) is 5.15. The average molecular weight is 546 g/mol. The van der Waals surface area contributed by atoms with Crippen molar-refractivity contribution in [2.45, 2.75) is 63.9 Å². The van der Waals surface area contributed by atoms with E-state index in [1.807, 2.05) is 19.9 Å². The molecule has 1 aromatic carbocycles. The molecule has 0 atom stereocenters. The lowest BCUT2D eigenvalue weighted by molar-refractivity contribution is -0.192. The van der Waals surface area contributed by atoms with Crippen molar-refractivity contribution in [1.82, 2.24) is 4.98 Å². The second-order valence-electron chi connectivity index (χ2n) is 8.77. The number of rotatable bonds is 5. The largest absolute Gasteiger partial charge is 0.490 e. The van der Waals surface area contributed by atoms with Crippen molar-refractivity contribution >= 4 is 33.5 Å². The molecule has 1 aliphatic rings. The molecule has 9 nitrogen and oxygen atoms in total. The predicted molar refractivity (Wildman–Crippen MR) is 132 cm³/mol. The fraction of sp³-hybridized carbons (Fsp3) is 0.458. The molecule has 0 radical (unpaired) electrons. The minimum atomic E-state index is -5.08. The third-order valence-corrected chi connectivity index (χ3v) is 7.34. The Morgan fingerprint density at radius 1 is 0.919 bits per heavy atom. The number of carbonyl (C=O) groups is 2. The van der Waals surface area contributed by atoms with Crippen LogP contribution >= 0.6 is 0 Å². The summed E-state index contributed by atoms with van der Waals surface area (Å²) in [6, 6.07) is 4.85. The van der Waals surface area contributed by atoms with E-state index in [2.05, 4.69) is 14.6 Å². The normalized spacial score (nSPS) is 14.6. The molecule has 3 rings (SSSR count). The zero-order chi connectivity index (χ0) is 28.0. The molecule has 1 aliphatic heterocycles. The molecule has 13 heteroatoms. The molecule has 1 fully saturated rings. The number of aromatic nitrogens is 1. The Morgan fingerprint density at radius 2 is 1.43 bits per heavy atom. The fourth-order valence-electron chi connectivity index (χ4n) is 3.78. The lowest BCUT2D eigenvalue weighted by atomic mass is 10.1. The molecule has 3 N–H and O–H groups in total. The molecule has 204 valence electrons. The highest BCUT2D eigenvalue weighted by atomic mass is 32.2. The van der Waals surface area contributed by atoms with Crippen molar-refractivity contribution in [3.05, 3.63) is 46.6 Å². The molecular weight excluding hydrogens is 515 g/mol. The summed E-state index contributed by atoms with van der Waals surface area (Å²) in [5.74, 6) is -3.43. The number of sulfonamides is 1. The summed E-state index contributed by atoms with van der Waals surface area (Å²) in [6.07, 6.45) is 1.62. The number of carboxylic acids is 2. The Labute approximate surface area is 213 Å². The van der Waals surface area contributed by atoms with E-state index in [1.165, 1.54) is 18.7 Å². The molecule has 1 saturated heterocycles. The van der Waals surface area contributed by atoms with Crippen LogP contribution in [-0.2, 0) is 14.8 Å². The lowest BCUT2D eigenvalue weighted by Gasteiger charge is -2.28. The highest BCUT2D eigenvalue weighted by molar-refractivity contribution is 7.92. The number of hydrogen-bond acceptors (Lipinski definition) is 6. The summed E-state index contributed by atoms with van der Waals surface area (Å²) in [7, 11) is -3.91. The van der Waals surface area contributed by atoms with Crippen LogP contribution in [0, 0.1) is 20.8 Å². The van der Waals surface area contributed by atoms with Crippen molar-refractivity contribution in [2.24, 2.45) is 0 Å². The molecule has 0 unspecified atom stereocenters. The van der Waals surface area contributed by atoms with Gasteiger partial charge >= 0.3 is 18.1 Å². The lowest BCUT2D eigenvalue weighted by Crippen LogP contribution is -2.29. The van der Waals surface area contributed by atoms with Crippen molar-refractivity contribution in [2.75, 3.05) is 22.7 Å². The molecule has 2 heterocycles. The van der Waals surface area contributed by atoms with Gasteiger partial charge in [-0.05, 0) is 62.4 Å². The van der Waals surface area contributed by atoms with Crippen LogP contribution in [0.25, 0.3) is 0 Å². The van der Waals surface area contributed by atoms with Gasteiger partial charge in [0.2, 0.25) is 0 Å². The third kappa shape index (κ3) is 8.34. The smallest absolute Gasteiger partial charge is 0.478 e. The minimum absolute atomic E-state index is 0.0553. The summed E-state index contributed by atoms with van der Waals surface area (Å²) in [5, 5.41) is 16.5. The van der Waals surface area contributed by atoms with E-state index in [1.54, 1.807) is 13.0 Å². The number of nitrogens with zero attached hydrogens (tertiary/aromatic N) is 2. The van der Waals surface area contributed by atoms with Crippen LogP contribution in [0.4, 0.5) is 24.7 Å². The second kappa shape index (κ2) is 12.3. The number of nitrogens with one attached hydrogen (secondary N) is 1. The molecule has 2 aromatic rings. The molecule has 37 heavy (non-hydrogen) atoms. The van der Waals surface area contributed by atoms with Gasteiger partial charge in [-0.1, -0.05) is 25.3 Å². The van der Waals surface area contributed by atoms with Crippen molar-refractivity contribution in [1.29, 1.82) is 0 Å². The zero-order valence-electron chi connectivity index (χ0n) is 20.7. The monoisotopic (exact) mass is 545 g/mol. The van der Waals surface area contributed by atoms with E-state index in [0.29, 0.717) is 11.4 Å². The van der Waals surface area contributed by atoms with Gasteiger partial charge in [0.05, 0.1) is 16.1 Å². The summed E-state index contributed by atoms with van der Waals surface area (Å²) in [6.45, 7) is 7.08. The molecule has 0 spiro atoms. The second-order valence-corrected chi connectivity index (χ2v) is 10.4. The number of aryl methyl sites for hydroxylation is 3. The molecule has 1 aromatic heterocycles. The third-order valence-electron chi connectivity index (χ3n) is 5.84. The first-order valence-electron chi connectivity index (χ1n) is 11.5. The highest BCUT2D eigenvalue weighted by Gasteiger charge is 2.38. The van der Waals surface area contributed by atoms with Crippen LogP contribution in [0.5, 0.6) is 0 Å². The Bertz CT molecular complexity index is 1240. The maximum atomic E-state index is 13.2. The first kappa shape index (κ1) is 29.9. The number of benzene rings is 1. The summed E-state index contributed by atoms with van der Waals surface area (Å²) in [4.78, 5) is 27.0. The minimum Gasteiger partial charge on any atom is -0.478 e. The maximum Gasteiger partial charge on any atom is 0.490 e. The number of pyridine rings is 1. The number of aliphatic carboxylic acids is 1. The van der Waals surface area contributed by atoms with E-state index in [9.17, 15) is 31.5 Å². The van der Waals surface area contributed by atoms with Crippen molar-refractivity contribution < 1.29 is 41.4 Å². The number of alkyl halides is 3. The Kier molecular flexibility index (Phi) is 9.90. The standard InChI is InChI=1S/C22H29N3O4S.C2HF3O2/c1-15-11-17(3)20(12-16(15)2)30(28,29)24-19-13-18(22(26)27)14-23-21(19)25-9-7-5-4-6-8-10-25;3-2(4,5)1(6)7/h11-14,24H,4-10H2,1-3H3,(H,26,27);(H,6,7). The number of anilines is 2. The molecule has 0 aliphatic carbocycles. The number of aromatic carboxylic acids is 1. The van der Waals surface area contributed by atoms with E-state index >= 15 is 0 Å². The highest BCUT2D eigenvalue weighted by Crippen LogP contribution is 2.30. The van der Waals surface area contributed by atoms with Gasteiger partial charge in [0.15, 0.2) is 5.82 Å². The summed E-state index contributed by atoms with van der Waals surface area (Å²) < 4.78 is 60.8. The molecular formula is C24H30F3N3O6S. The maximum absolute atomic E-state index is 13.2. The Morgan fingerprint density at radius 3 is 1.95 bits per heavy atom. The number of carboxylic acid groups (broad SMARTS) is 2. The van der Waals surface area contributed by atoms with Crippen LogP contribution in [0.3, 0.4) is 0 Å². The Hall–Kier alpha value is -3.35. The van der Waals surface area contributed by atoms with Gasteiger partial charge < -0.3 is 15.1 Å². The van der Waals surface area contributed by atoms with Gasteiger partial charge in [0.25, 0.3) is 10.0 Å². The van der Waals surface area contributed by atoms with Gasteiger partial charge in [-0.15, -0.1) is 0 Å². The predicted octanol–water partition coefficient (Wildman–Crippen LogP) is 4.91. The number of hydrogen-bond donors (Lipinski definition) is 3. The van der Waals surface area contributed by atoms with Gasteiger partial charge in [-0.3, -0.25) is 4.72 Å². The first-order valence-corrected chi connectivity index (χ1v) is 13.0. The van der Waals surface area contributed by atoms with Gasteiger partial charge in [0.1, 0.15) is 0 Å². The quantitative estimate of drug-likeness (QED) is 0.482. The Balaban J connectivity index is 0.000000604. The summed E-state index contributed by atoms with van der Waals surface area (Å²) >= 11 is 0. The van der Waals surface area contributed by atoms with Crippen LogP contribution in [-0.4, -0.2) is 54.8 Å². The van der Waals surface area contributed by atoms with Gasteiger partial charge in [-0.25, -0.2) is 23.0 Å². The van der Waals surface area contributed by atoms with E-state index < -0.39 is 28.1 Å². The van der Waals surface area contributed by atoms with Crippen LogP contribution < -0.4 is 9.62 Å². The van der Waals surface area contributed by atoms with Crippen LogP contribution in [0.1, 0.15) is 59.2 Å². The number of halogens is 3. The topological polar surface area (TPSA) is 137 Å². The molecule has 0 saturated carbocycles. The van der Waals surface area contributed by atoms with Crippen LogP contribution in [0.15, 0.2) is 29.3 Å². The van der Waals surface area contributed by atoms with E-state index in [-0.39, 0.29) is 16.1 Å². The van der Waals surface area contributed by atoms with Crippen molar-refractivity contribution in [3.8, 4) is 0 Å². The van der Waals surface area contributed by atoms with Gasteiger partial charge in [-0.2, -0.15) is 13.2 Å². The van der Waals surface area contributed by atoms with Crippen molar-refractivity contribution in [3.63, 3.8) is 0 Å². The van der Waals surface area contributed by atoms with E-state index in [4.69, 9.17) is 9.90 Å². The zero-order valence-corrected chi connectivity index (χ0v) is 21.5.